The summed E-state index contributed by atoms with van der Waals surface area (Å²) in [5.74, 6) is -0.579. The minimum Gasteiger partial charge on any atom is -0.507 e. The quantitative estimate of drug-likeness (QED) is 0.262. The van der Waals surface area contributed by atoms with Gasteiger partial charge < -0.3 is 9.84 Å². The second kappa shape index (κ2) is 9.97. The van der Waals surface area contributed by atoms with Crippen molar-refractivity contribution in [1.82, 2.24) is 4.98 Å². The largest absolute Gasteiger partial charge is 0.507 e. The molecule has 1 N–H and O–H groups in total. The number of ether oxygens (including phenoxy) is 1. The van der Waals surface area contributed by atoms with E-state index in [9.17, 15) is 14.7 Å². The highest BCUT2D eigenvalue weighted by Crippen LogP contribution is 2.42. The summed E-state index contributed by atoms with van der Waals surface area (Å²) >= 11 is 0. The summed E-state index contributed by atoms with van der Waals surface area (Å²) in [6, 6.07) is 17.2. The lowest BCUT2D eigenvalue weighted by Gasteiger charge is -2.26. The Morgan fingerprint density at radius 1 is 0.972 bits per heavy atom. The van der Waals surface area contributed by atoms with Crippen LogP contribution in [0.3, 0.4) is 0 Å². The Balaban J connectivity index is 1.79. The molecule has 6 nitrogen and oxygen atoms in total. The van der Waals surface area contributed by atoms with Gasteiger partial charge in [-0.25, -0.2) is 0 Å². The van der Waals surface area contributed by atoms with Crippen LogP contribution in [0, 0.1) is 5.92 Å². The van der Waals surface area contributed by atoms with Crippen molar-refractivity contribution in [3.8, 4) is 5.75 Å². The molecule has 4 rings (SSSR count). The Bertz CT molecular complexity index is 1270. The zero-order valence-electron chi connectivity index (χ0n) is 21.4. The number of anilines is 1. The monoisotopic (exact) mass is 484 g/mol. The van der Waals surface area contributed by atoms with Gasteiger partial charge in [0.1, 0.15) is 11.5 Å². The molecule has 2 heterocycles. The topological polar surface area (TPSA) is 79.7 Å². The number of carbonyl (C=O) groups is 2. The number of hydrogen-bond acceptors (Lipinski definition) is 5. The number of hydrogen-bond donors (Lipinski definition) is 1. The van der Waals surface area contributed by atoms with Gasteiger partial charge in [-0.05, 0) is 71.0 Å². The fraction of sp³-hybridized carbons (Fsp3) is 0.300. The summed E-state index contributed by atoms with van der Waals surface area (Å²) in [5, 5.41) is 11.3. The van der Waals surface area contributed by atoms with E-state index in [-0.39, 0.29) is 16.7 Å². The average Bonchev–Trinajstić information content (AvgIpc) is 3.13. The van der Waals surface area contributed by atoms with E-state index in [1.807, 2.05) is 24.3 Å². The standard InChI is InChI=1S/C30H32N2O4/c1-19(2)18-36-24-12-6-21(7-13-24)27(33)25-26(20-14-16-31-17-15-20)32(29(35)28(25)34)23-10-8-22(9-11-23)30(3,4)5/h6-17,19,26,33H,18H2,1-5H3/b27-25+. The van der Waals surface area contributed by atoms with Gasteiger partial charge in [-0.15, -0.1) is 0 Å². The molecule has 0 saturated carbocycles. The summed E-state index contributed by atoms with van der Waals surface area (Å²) in [5.41, 5.74) is 2.81. The van der Waals surface area contributed by atoms with Crippen LogP contribution in [0.5, 0.6) is 5.75 Å². The van der Waals surface area contributed by atoms with Crippen molar-refractivity contribution in [3.63, 3.8) is 0 Å². The van der Waals surface area contributed by atoms with E-state index in [1.165, 1.54) is 4.90 Å². The number of aliphatic hydroxyl groups is 1. The van der Waals surface area contributed by atoms with E-state index >= 15 is 0 Å². The predicted molar refractivity (Wildman–Crippen MR) is 141 cm³/mol. The summed E-state index contributed by atoms with van der Waals surface area (Å²) in [6.07, 6.45) is 3.22. The molecule has 0 spiro atoms. The second-order valence-electron chi connectivity index (χ2n) is 10.5. The first-order chi connectivity index (χ1) is 17.1. The zero-order chi connectivity index (χ0) is 26.0. The summed E-state index contributed by atoms with van der Waals surface area (Å²) in [7, 11) is 0. The molecule has 2 aromatic carbocycles. The third-order valence-electron chi connectivity index (χ3n) is 6.19. The maximum Gasteiger partial charge on any atom is 0.300 e. The van der Waals surface area contributed by atoms with E-state index in [1.54, 1.807) is 48.8 Å². The molecule has 1 aromatic heterocycles. The van der Waals surface area contributed by atoms with Crippen LogP contribution in [0.25, 0.3) is 5.76 Å². The Morgan fingerprint density at radius 2 is 1.58 bits per heavy atom. The molecule has 1 amide bonds. The first-order valence-electron chi connectivity index (χ1n) is 12.1. The van der Waals surface area contributed by atoms with Crippen LogP contribution in [-0.2, 0) is 15.0 Å². The number of nitrogens with zero attached hydrogens (tertiary/aromatic N) is 2. The minimum absolute atomic E-state index is 0.0435. The molecule has 0 bridgehead atoms. The molecular weight excluding hydrogens is 452 g/mol. The van der Waals surface area contributed by atoms with Gasteiger partial charge in [-0.2, -0.15) is 0 Å². The van der Waals surface area contributed by atoms with Crippen molar-refractivity contribution < 1.29 is 19.4 Å². The summed E-state index contributed by atoms with van der Waals surface area (Å²) in [6.45, 7) is 11.1. The van der Waals surface area contributed by atoms with Crippen LogP contribution in [-0.4, -0.2) is 28.4 Å². The SMILES string of the molecule is CC(C)COc1ccc(/C(O)=C2\C(=O)C(=O)N(c3ccc(C(C)(C)C)cc3)C2c2ccncc2)cc1. The van der Waals surface area contributed by atoms with Gasteiger partial charge in [0.25, 0.3) is 11.7 Å². The van der Waals surface area contributed by atoms with Crippen LogP contribution < -0.4 is 9.64 Å². The van der Waals surface area contributed by atoms with Crippen molar-refractivity contribution in [2.75, 3.05) is 11.5 Å². The number of rotatable bonds is 6. The van der Waals surface area contributed by atoms with Gasteiger partial charge in [0.15, 0.2) is 0 Å². The predicted octanol–water partition coefficient (Wildman–Crippen LogP) is 6.04. The summed E-state index contributed by atoms with van der Waals surface area (Å²) < 4.78 is 5.73. The first kappa shape index (κ1) is 25.2. The molecule has 1 aliphatic heterocycles. The Hall–Kier alpha value is -3.93. The van der Waals surface area contributed by atoms with Crippen molar-refractivity contribution in [2.45, 2.75) is 46.1 Å². The third kappa shape index (κ3) is 5.03. The van der Waals surface area contributed by atoms with E-state index in [0.717, 1.165) is 5.56 Å². The number of ketones is 1. The molecule has 0 radical (unpaired) electrons. The van der Waals surface area contributed by atoms with Crippen LogP contribution in [0.2, 0.25) is 0 Å². The lowest BCUT2D eigenvalue weighted by molar-refractivity contribution is -0.132. The van der Waals surface area contributed by atoms with Crippen molar-refractivity contribution in [1.29, 1.82) is 0 Å². The van der Waals surface area contributed by atoms with Gasteiger partial charge in [-0.1, -0.05) is 46.8 Å². The average molecular weight is 485 g/mol. The highest BCUT2D eigenvalue weighted by molar-refractivity contribution is 6.51. The van der Waals surface area contributed by atoms with Gasteiger partial charge in [0, 0.05) is 23.6 Å². The normalized spacial score (nSPS) is 17.6. The Morgan fingerprint density at radius 3 is 2.14 bits per heavy atom. The molecule has 186 valence electrons. The van der Waals surface area contributed by atoms with Gasteiger partial charge in [0.2, 0.25) is 0 Å². The van der Waals surface area contributed by atoms with Crippen LogP contribution in [0.15, 0.2) is 78.6 Å². The van der Waals surface area contributed by atoms with E-state index < -0.39 is 17.7 Å². The van der Waals surface area contributed by atoms with E-state index in [2.05, 4.69) is 39.6 Å². The zero-order valence-corrected chi connectivity index (χ0v) is 21.4. The highest BCUT2D eigenvalue weighted by Gasteiger charge is 2.47. The molecule has 1 aliphatic rings. The smallest absolute Gasteiger partial charge is 0.300 e. The van der Waals surface area contributed by atoms with Crippen molar-refractivity contribution >= 4 is 23.1 Å². The number of Topliss-reactive ketones (excluding diaryl/α,β-unsaturated/α-hetero) is 1. The fourth-order valence-electron chi connectivity index (χ4n) is 4.21. The van der Waals surface area contributed by atoms with E-state index in [4.69, 9.17) is 4.74 Å². The molecule has 1 saturated heterocycles. The molecule has 3 aromatic rings. The third-order valence-corrected chi connectivity index (χ3v) is 6.19. The van der Waals surface area contributed by atoms with Crippen LogP contribution in [0.1, 0.15) is 57.4 Å². The number of amides is 1. The van der Waals surface area contributed by atoms with Gasteiger partial charge in [-0.3, -0.25) is 19.5 Å². The number of benzene rings is 2. The second-order valence-corrected chi connectivity index (χ2v) is 10.5. The lowest BCUT2D eigenvalue weighted by atomic mass is 9.87. The van der Waals surface area contributed by atoms with E-state index in [0.29, 0.717) is 35.1 Å². The van der Waals surface area contributed by atoms with Crippen LogP contribution in [0.4, 0.5) is 5.69 Å². The molecule has 1 unspecified atom stereocenters. The number of pyridine rings is 1. The van der Waals surface area contributed by atoms with Crippen molar-refractivity contribution in [3.05, 3.63) is 95.3 Å². The first-order valence-corrected chi connectivity index (χ1v) is 12.1. The van der Waals surface area contributed by atoms with Gasteiger partial charge >= 0.3 is 0 Å². The number of aromatic nitrogens is 1. The molecule has 0 aliphatic carbocycles. The number of carbonyl (C=O) groups excluding carboxylic acids is 2. The highest BCUT2D eigenvalue weighted by atomic mass is 16.5. The Labute approximate surface area is 212 Å². The molecule has 1 atom stereocenters. The van der Waals surface area contributed by atoms with Crippen LogP contribution >= 0.6 is 0 Å². The fourth-order valence-corrected chi connectivity index (χ4v) is 4.21. The van der Waals surface area contributed by atoms with Crippen molar-refractivity contribution in [2.24, 2.45) is 5.92 Å². The summed E-state index contributed by atoms with van der Waals surface area (Å²) in [4.78, 5) is 32.2. The van der Waals surface area contributed by atoms with Gasteiger partial charge in [0.05, 0.1) is 18.2 Å². The maximum atomic E-state index is 13.3. The molecular formula is C30H32N2O4. The number of aliphatic hydroxyl groups excluding tert-OH is 1. The molecule has 1 fully saturated rings. The lowest BCUT2D eigenvalue weighted by Crippen LogP contribution is -2.29. The Kier molecular flexibility index (Phi) is 6.97. The maximum absolute atomic E-state index is 13.3. The minimum atomic E-state index is -0.787. The molecule has 6 heteroatoms. The molecule has 36 heavy (non-hydrogen) atoms.